The number of nitrogens with one attached hydrogen (secondary N) is 1. The zero-order valence-electron chi connectivity index (χ0n) is 14.2. The normalized spacial score (nSPS) is 20.5. The van der Waals surface area contributed by atoms with Gasteiger partial charge in [-0.25, -0.2) is 4.39 Å². The van der Waals surface area contributed by atoms with E-state index in [9.17, 15) is 4.39 Å². The first-order chi connectivity index (χ1) is 11.2. The van der Waals surface area contributed by atoms with Crippen molar-refractivity contribution < 1.29 is 8.91 Å². The van der Waals surface area contributed by atoms with E-state index < -0.39 is 0 Å². The molecule has 1 aliphatic rings. The van der Waals surface area contributed by atoms with Gasteiger partial charge in [0.2, 0.25) is 0 Å². The monoisotopic (exact) mass is 316 g/mol. The van der Waals surface area contributed by atoms with E-state index in [1.807, 2.05) is 6.07 Å². The zero-order valence-corrected chi connectivity index (χ0v) is 14.2. The standard InChI is InChI=1S/C19H25FN2O/c1-4-17-15(18(5-2)23-22-17)11-21-19-12(3)9-10-13-14(19)7-6-8-16(13)20/h6-8,12,19,21H,4-5,9-11H2,1-3H3. The van der Waals surface area contributed by atoms with E-state index in [2.05, 4.69) is 37.3 Å². The number of aromatic nitrogens is 1. The van der Waals surface area contributed by atoms with Gasteiger partial charge in [0, 0.05) is 24.6 Å². The first-order valence-electron chi connectivity index (χ1n) is 8.62. The highest BCUT2D eigenvalue weighted by Gasteiger charge is 2.28. The smallest absolute Gasteiger partial charge is 0.141 e. The molecule has 0 bridgehead atoms. The third-order valence-electron chi connectivity index (χ3n) is 5.01. The average Bonchev–Trinajstić information content (AvgIpc) is 2.96. The molecule has 1 aromatic heterocycles. The molecule has 0 radical (unpaired) electrons. The van der Waals surface area contributed by atoms with Gasteiger partial charge in [-0.1, -0.05) is 38.1 Å². The molecular formula is C19H25FN2O. The van der Waals surface area contributed by atoms with Crippen LogP contribution in [-0.4, -0.2) is 5.16 Å². The second-order valence-corrected chi connectivity index (χ2v) is 6.42. The Labute approximate surface area is 137 Å². The van der Waals surface area contributed by atoms with Crippen LogP contribution in [0.4, 0.5) is 4.39 Å². The molecule has 2 aromatic rings. The molecule has 0 aliphatic heterocycles. The van der Waals surface area contributed by atoms with Crippen molar-refractivity contribution in [2.45, 2.75) is 59.0 Å². The second kappa shape index (κ2) is 6.83. The van der Waals surface area contributed by atoms with Crippen molar-refractivity contribution in [3.63, 3.8) is 0 Å². The molecule has 0 spiro atoms. The van der Waals surface area contributed by atoms with Crippen LogP contribution in [-0.2, 0) is 25.8 Å². The molecule has 1 aromatic carbocycles. The Bertz CT molecular complexity index is 659. The molecule has 2 atom stereocenters. The van der Waals surface area contributed by atoms with Gasteiger partial charge in [0.1, 0.15) is 11.6 Å². The predicted octanol–water partition coefficient (Wildman–Crippen LogP) is 4.35. The number of hydrogen-bond donors (Lipinski definition) is 1. The Morgan fingerprint density at radius 3 is 2.87 bits per heavy atom. The third kappa shape index (κ3) is 3.05. The summed E-state index contributed by atoms with van der Waals surface area (Å²) in [6, 6.07) is 5.62. The molecule has 3 rings (SSSR count). The molecule has 0 saturated carbocycles. The number of aryl methyl sites for hydroxylation is 2. The van der Waals surface area contributed by atoms with E-state index in [0.717, 1.165) is 54.8 Å². The number of fused-ring (bicyclic) bond motifs is 1. The van der Waals surface area contributed by atoms with Gasteiger partial charge in [-0.05, 0) is 42.4 Å². The molecule has 23 heavy (non-hydrogen) atoms. The Morgan fingerprint density at radius 2 is 2.13 bits per heavy atom. The molecule has 0 saturated heterocycles. The Hall–Kier alpha value is -1.68. The first kappa shape index (κ1) is 16.2. The van der Waals surface area contributed by atoms with Crippen LogP contribution >= 0.6 is 0 Å². The fourth-order valence-electron chi connectivity index (χ4n) is 3.64. The van der Waals surface area contributed by atoms with E-state index >= 15 is 0 Å². The molecule has 124 valence electrons. The maximum Gasteiger partial charge on any atom is 0.141 e. The fourth-order valence-corrected chi connectivity index (χ4v) is 3.64. The van der Waals surface area contributed by atoms with Crippen molar-refractivity contribution in [2.24, 2.45) is 5.92 Å². The second-order valence-electron chi connectivity index (χ2n) is 6.42. The largest absolute Gasteiger partial charge is 0.361 e. The van der Waals surface area contributed by atoms with Gasteiger partial charge in [-0.3, -0.25) is 0 Å². The lowest BCUT2D eigenvalue weighted by Gasteiger charge is -2.32. The molecular weight excluding hydrogens is 291 g/mol. The molecule has 4 heteroatoms. The topological polar surface area (TPSA) is 38.1 Å². The molecule has 0 fully saturated rings. The van der Waals surface area contributed by atoms with E-state index in [1.165, 1.54) is 5.56 Å². The lowest BCUT2D eigenvalue weighted by molar-refractivity contribution is 0.336. The van der Waals surface area contributed by atoms with Gasteiger partial charge < -0.3 is 9.84 Å². The fraction of sp³-hybridized carbons (Fsp3) is 0.526. The van der Waals surface area contributed by atoms with E-state index in [1.54, 1.807) is 6.07 Å². The summed E-state index contributed by atoms with van der Waals surface area (Å²) in [6.45, 7) is 7.13. The average molecular weight is 316 g/mol. The van der Waals surface area contributed by atoms with Gasteiger partial charge >= 0.3 is 0 Å². The number of halogens is 1. The Balaban J connectivity index is 1.84. The summed E-state index contributed by atoms with van der Waals surface area (Å²) < 4.78 is 19.5. The molecule has 1 aliphatic carbocycles. The van der Waals surface area contributed by atoms with Crippen LogP contribution in [0.15, 0.2) is 22.7 Å². The van der Waals surface area contributed by atoms with Crippen LogP contribution in [0.3, 0.4) is 0 Å². The summed E-state index contributed by atoms with van der Waals surface area (Å²) in [4.78, 5) is 0. The van der Waals surface area contributed by atoms with Crippen LogP contribution < -0.4 is 5.32 Å². The SMILES string of the molecule is CCc1noc(CC)c1CNC1c2cccc(F)c2CCC1C. The van der Waals surface area contributed by atoms with E-state index in [0.29, 0.717) is 5.92 Å². The highest BCUT2D eigenvalue weighted by Crippen LogP contribution is 2.35. The van der Waals surface area contributed by atoms with Crippen molar-refractivity contribution >= 4 is 0 Å². The van der Waals surface area contributed by atoms with Crippen LogP contribution in [0.1, 0.15) is 61.4 Å². The molecule has 2 unspecified atom stereocenters. The van der Waals surface area contributed by atoms with Gasteiger partial charge in [0.25, 0.3) is 0 Å². The van der Waals surface area contributed by atoms with Gasteiger partial charge in [-0.2, -0.15) is 0 Å². The summed E-state index contributed by atoms with van der Waals surface area (Å²) in [7, 11) is 0. The lowest BCUT2D eigenvalue weighted by atomic mass is 9.80. The third-order valence-corrected chi connectivity index (χ3v) is 5.01. The molecule has 1 heterocycles. The molecule has 0 amide bonds. The minimum Gasteiger partial charge on any atom is -0.361 e. The summed E-state index contributed by atoms with van der Waals surface area (Å²) in [6.07, 6.45) is 3.55. The number of benzene rings is 1. The van der Waals surface area contributed by atoms with Crippen LogP contribution in [0.2, 0.25) is 0 Å². The van der Waals surface area contributed by atoms with Crippen molar-refractivity contribution in [3.8, 4) is 0 Å². The molecule has 3 nitrogen and oxygen atoms in total. The first-order valence-corrected chi connectivity index (χ1v) is 8.62. The summed E-state index contributed by atoms with van der Waals surface area (Å²) >= 11 is 0. The minimum absolute atomic E-state index is 0.0744. The number of hydrogen-bond acceptors (Lipinski definition) is 3. The van der Waals surface area contributed by atoms with Gasteiger partial charge in [-0.15, -0.1) is 0 Å². The minimum atomic E-state index is -0.0744. The lowest BCUT2D eigenvalue weighted by Crippen LogP contribution is -2.31. The van der Waals surface area contributed by atoms with Crippen molar-refractivity contribution in [1.82, 2.24) is 10.5 Å². The highest BCUT2D eigenvalue weighted by molar-refractivity contribution is 5.34. The van der Waals surface area contributed by atoms with Crippen molar-refractivity contribution in [3.05, 3.63) is 52.2 Å². The van der Waals surface area contributed by atoms with E-state index in [4.69, 9.17) is 4.52 Å². The maximum absolute atomic E-state index is 14.1. The van der Waals surface area contributed by atoms with Crippen LogP contribution in [0.25, 0.3) is 0 Å². The van der Waals surface area contributed by atoms with Gasteiger partial charge in [0.05, 0.1) is 5.69 Å². The van der Waals surface area contributed by atoms with Crippen LogP contribution in [0.5, 0.6) is 0 Å². The van der Waals surface area contributed by atoms with Gasteiger partial charge in [0.15, 0.2) is 0 Å². The predicted molar refractivity (Wildman–Crippen MR) is 88.7 cm³/mol. The highest BCUT2D eigenvalue weighted by atomic mass is 19.1. The molecule has 1 N–H and O–H groups in total. The number of rotatable bonds is 5. The summed E-state index contributed by atoms with van der Waals surface area (Å²) in [5.74, 6) is 1.37. The quantitative estimate of drug-likeness (QED) is 0.891. The number of nitrogens with zero attached hydrogens (tertiary/aromatic N) is 1. The van der Waals surface area contributed by atoms with Crippen molar-refractivity contribution in [2.75, 3.05) is 0 Å². The Kier molecular flexibility index (Phi) is 4.81. The maximum atomic E-state index is 14.1. The van der Waals surface area contributed by atoms with Crippen molar-refractivity contribution in [1.29, 1.82) is 0 Å². The summed E-state index contributed by atoms with van der Waals surface area (Å²) in [5, 5.41) is 7.81. The Morgan fingerprint density at radius 1 is 1.30 bits per heavy atom. The van der Waals surface area contributed by atoms with Crippen LogP contribution in [0, 0.1) is 11.7 Å². The zero-order chi connectivity index (χ0) is 16.4. The van der Waals surface area contributed by atoms with E-state index in [-0.39, 0.29) is 11.9 Å². The summed E-state index contributed by atoms with van der Waals surface area (Å²) in [5.41, 5.74) is 4.18.